The van der Waals surface area contributed by atoms with E-state index >= 15 is 0 Å². The van der Waals surface area contributed by atoms with Crippen molar-refractivity contribution in [3.63, 3.8) is 0 Å². The van der Waals surface area contributed by atoms with Crippen molar-refractivity contribution < 1.29 is 13.2 Å². The molecule has 0 saturated carbocycles. The average Bonchev–Trinajstić information content (AvgIpc) is 2.29. The number of amides is 1. The van der Waals surface area contributed by atoms with Gasteiger partial charge in [-0.2, -0.15) is 0 Å². The standard InChI is InChI=1S/C9H10Cl2N2O3S/c1-12-9(14)5-13-17(15,16)8-4-6(10)2-3-7(8)11/h2-4,13H,5H2,1H3,(H,12,14). The smallest absolute Gasteiger partial charge is 0.242 e. The minimum absolute atomic E-state index is 0.0406. The van der Waals surface area contributed by atoms with Crippen molar-refractivity contribution >= 4 is 39.1 Å². The second-order valence-corrected chi connectivity index (χ2v) is 5.65. The van der Waals surface area contributed by atoms with E-state index in [-0.39, 0.29) is 21.5 Å². The second kappa shape index (κ2) is 5.68. The normalized spacial score (nSPS) is 11.2. The fraction of sp³-hybridized carbons (Fsp3) is 0.222. The van der Waals surface area contributed by atoms with Crippen molar-refractivity contribution in [1.29, 1.82) is 0 Å². The zero-order chi connectivity index (χ0) is 13.1. The molecule has 0 fully saturated rings. The van der Waals surface area contributed by atoms with E-state index in [0.29, 0.717) is 0 Å². The van der Waals surface area contributed by atoms with Crippen molar-refractivity contribution in [2.24, 2.45) is 0 Å². The topological polar surface area (TPSA) is 75.3 Å². The van der Waals surface area contributed by atoms with Gasteiger partial charge >= 0.3 is 0 Å². The first kappa shape index (κ1) is 14.2. The monoisotopic (exact) mass is 296 g/mol. The van der Waals surface area contributed by atoms with Gasteiger partial charge in [0, 0.05) is 12.1 Å². The fourth-order valence-electron chi connectivity index (χ4n) is 1.01. The highest BCUT2D eigenvalue weighted by molar-refractivity contribution is 7.89. The Kier molecular flexibility index (Phi) is 4.76. The van der Waals surface area contributed by atoms with Gasteiger partial charge in [0.25, 0.3) is 0 Å². The highest BCUT2D eigenvalue weighted by Gasteiger charge is 2.18. The van der Waals surface area contributed by atoms with Crippen LogP contribution in [0.1, 0.15) is 0 Å². The van der Waals surface area contributed by atoms with Crippen LogP contribution in [0.4, 0.5) is 0 Å². The third-order valence-electron chi connectivity index (χ3n) is 1.88. The van der Waals surface area contributed by atoms with Crippen molar-refractivity contribution in [3.05, 3.63) is 28.2 Å². The molecule has 0 aromatic heterocycles. The Hall–Kier alpha value is -0.820. The molecule has 0 aliphatic heterocycles. The Morgan fingerprint density at radius 1 is 1.35 bits per heavy atom. The van der Waals surface area contributed by atoms with Crippen LogP contribution in [0.5, 0.6) is 0 Å². The molecule has 5 nitrogen and oxygen atoms in total. The summed E-state index contributed by atoms with van der Waals surface area (Å²) in [4.78, 5) is 10.8. The zero-order valence-electron chi connectivity index (χ0n) is 8.83. The third kappa shape index (κ3) is 3.85. The Labute approximate surface area is 109 Å². The molecule has 0 unspecified atom stereocenters. The van der Waals surface area contributed by atoms with Gasteiger partial charge in [0.2, 0.25) is 15.9 Å². The molecule has 8 heteroatoms. The number of sulfonamides is 1. The summed E-state index contributed by atoms with van der Waals surface area (Å²) in [5.41, 5.74) is 0. The van der Waals surface area contributed by atoms with Crippen molar-refractivity contribution in [2.75, 3.05) is 13.6 Å². The quantitative estimate of drug-likeness (QED) is 0.871. The second-order valence-electron chi connectivity index (χ2n) is 3.07. The first-order valence-electron chi connectivity index (χ1n) is 4.52. The fourth-order valence-corrected chi connectivity index (χ4v) is 2.75. The van der Waals surface area contributed by atoms with E-state index in [1.807, 2.05) is 0 Å². The van der Waals surface area contributed by atoms with Crippen LogP contribution in [-0.4, -0.2) is 27.9 Å². The van der Waals surface area contributed by atoms with Crippen LogP contribution < -0.4 is 10.0 Å². The van der Waals surface area contributed by atoms with Gasteiger partial charge in [0.05, 0.1) is 11.6 Å². The van der Waals surface area contributed by atoms with Crippen LogP contribution in [0.3, 0.4) is 0 Å². The molecule has 0 radical (unpaired) electrons. The number of benzene rings is 1. The Bertz CT molecular complexity index is 531. The van der Waals surface area contributed by atoms with Gasteiger partial charge < -0.3 is 5.32 Å². The van der Waals surface area contributed by atoms with E-state index in [4.69, 9.17) is 23.2 Å². The van der Waals surface area contributed by atoms with Crippen LogP contribution in [-0.2, 0) is 14.8 Å². The summed E-state index contributed by atoms with van der Waals surface area (Å²) in [6.45, 7) is -0.359. The van der Waals surface area contributed by atoms with E-state index in [0.717, 1.165) is 0 Å². The summed E-state index contributed by atoms with van der Waals surface area (Å²) in [6, 6.07) is 4.07. The Morgan fingerprint density at radius 2 is 2.00 bits per heavy atom. The van der Waals surface area contributed by atoms with Gasteiger partial charge in [-0.1, -0.05) is 23.2 Å². The number of carbonyl (C=O) groups is 1. The third-order valence-corrected chi connectivity index (χ3v) is 4.00. The maximum atomic E-state index is 11.8. The van der Waals surface area contributed by atoms with E-state index in [9.17, 15) is 13.2 Å². The summed E-state index contributed by atoms with van der Waals surface area (Å²) in [5, 5.41) is 2.58. The van der Waals surface area contributed by atoms with Crippen LogP contribution >= 0.6 is 23.2 Å². The lowest BCUT2D eigenvalue weighted by atomic mass is 10.4. The lowest BCUT2D eigenvalue weighted by Gasteiger charge is -2.07. The number of rotatable bonds is 4. The van der Waals surface area contributed by atoms with Crippen LogP contribution in [0, 0.1) is 0 Å². The zero-order valence-corrected chi connectivity index (χ0v) is 11.2. The highest BCUT2D eigenvalue weighted by atomic mass is 35.5. The molecule has 2 N–H and O–H groups in total. The van der Waals surface area contributed by atoms with Gasteiger partial charge in [0.15, 0.2) is 0 Å². The number of likely N-dealkylation sites (N-methyl/N-ethyl adjacent to an activating group) is 1. The largest absolute Gasteiger partial charge is 0.358 e. The number of hydrogen-bond acceptors (Lipinski definition) is 3. The summed E-state index contributed by atoms with van der Waals surface area (Å²) in [6.07, 6.45) is 0. The molecular weight excluding hydrogens is 287 g/mol. The average molecular weight is 297 g/mol. The predicted octanol–water partition coefficient (Wildman–Crippen LogP) is 1.02. The predicted molar refractivity (Wildman–Crippen MR) is 65.7 cm³/mol. The molecule has 0 saturated heterocycles. The maximum Gasteiger partial charge on any atom is 0.242 e. The summed E-state index contributed by atoms with van der Waals surface area (Å²) in [7, 11) is -2.44. The minimum atomic E-state index is -3.85. The molecular formula is C9H10Cl2N2O3S. The molecule has 0 aliphatic rings. The molecule has 0 atom stereocenters. The highest BCUT2D eigenvalue weighted by Crippen LogP contribution is 2.24. The Morgan fingerprint density at radius 3 is 2.59 bits per heavy atom. The summed E-state index contributed by atoms with van der Waals surface area (Å²) < 4.78 is 25.7. The molecule has 1 aromatic carbocycles. The van der Waals surface area contributed by atoms with Crippen molar-refractivity contribution in [1.82, 2.24) is 10.0 Å². The molecule has 17 heavy (non-hydrogen) atoms. The SMILES string of the molecule is CNC(=O)CNS(=O)(=O)c1cc(Cl)ccc1Cl. The maximum absolute atomic E-state index is 11.8. The van der Waals surface area contributed by atoms with Gasteiger partial charge in [0.1, 0.15) is 4.90 Å². The minimum Gasteiger partial charge on any atom is -0.358 e. The first-order valence-corrected chi connectivity index (χ1v) is 6.76. The molecule has 1 aromatic rings. The molecule has 94 valence electrons. The lowest BCUT2D eigenvalue weighted by Crippen LogP contribution is -2.35. The van der Waals surface area contributed by atoms with E-state index in [2.05, 4.69) is 10.0 Å². The van der Waals surface area contributed by atoms with E-state index in [1.165, 1.54) is 25.2 Å². The first-order chi connectivity index (χ1) is 7.86. The number of hydrogen-bond donors (Lipinski definition) is 2. The van der Waals surface area contributed by atoms with Crippen molar-refractivity contribution in [2.45, 2.75) is 4.90 Å². The van der Waals surface area contributed by atoms with Gasteiger partial charge in [-0.05, 0) is 18.2 Å². The van der Waals surface area contributed by atoms with Crippen LogP contribution in [0.25, 0.3) is 0 Å². The van der Waals surface area contributed by atoms with E-state index < -0.39 is 15.9 Å². The summed E-state index contributed by atoms with van der Waals surface area (Å²) >= 11 is 11.4. The molecule has 0 heterocycles. The number of halogens is 2. The number of nitrogens with one attached hydrogen (secondary N) is 2. The molecule has 0 aliphatic carbocycles. The van der Waals surface area contributed by atoms with Gasteiger partial charge in [-0.15, -0.1) is 0 Å². The Balaban J connectivity index is 2.97. The lowest BCUT2D eigenvalue weighted by molar-refractivity contribution is -0.119. The molecule has 0 spiro atoms. The summed E-state index contributed by atoms with van der Waals surface area (Å²) in [5.74, 6) is -0.452. The number of carbonyl (C=O) groups excluding carboxylic acids is 1. The molecule has 1 rings (SSSR count). The van der Waals surface area contributed by atoms with Gasteiger partial charge in [-0.25, -0.2) is 13.1 Å². The van der Waals surface area contributed by atoms with Gasteiger partial charge in [-0.3, -0.25) is 4.79 Å². The van der Waals surface area contributed by atoms with Crippen LogP contribution in [0.2, 0.25) is 10.0 Å². The van der Waals surface area contributed by atoms with Crippen molar-refractivity contribution in [3.8, 4) is 0 Å². The van der Waals surface area contributed by atoms with E-state index in [1.54, 1.807) is 0 Å². The van der Waals surface area contributed by atoms with Crippen LogP contribution in [0.15, 0.2) is 23.1 Å². The molecule has 1 amide bonds. The molecule has 0 bridgehead atoms.